The third kappa shape index (κ3) is 3.39. The molecule has 92 valence electrons. The second-order valence-electron chi connectivity index (χ2n) is 4.33. The smallest absolute Gasteiger partial charge is 0.166 e. The second-order valence-corrected chi connectivity index (χ2v) is 4.33. The fourth-order valence-electron chi connectivity index (χ4n) is 2.23. The van der Waals surface area contributed by atoms with Crippen LogP contribution < -0.4 is 0 Å². The lowest BCUT2D eigenvalue weighted by atomic mass is 9.85. The molecule has 0 amide bonds. The third-order valence-corrected chi connectivity index (χ3v) is 3.20. The van der Waals surface area contributed by atoms with Gasteiger partial charge in [0.15, 0.2) is 0 Å². The normalized spacial score (nSPS) is 19.1. The Morgan fingerprint density at radius 1 is 1.19 bits per heavy atom. The maximum absolute atomic E-state index is 12.4. The van der Waals surface area contributed by atoms with Crippen LogP contribution in [0.2, 0.25) is 0 Å². The summed E-state index contributed by atoms with van der Waals surface area (Å²) in [5.74, 6) is 0.469. The lowest BCUT2D eigenvalue weighted by molar-refractivity contribution is -0.0941. The van der Waals surface area contributed by atoms with Gasteiger partial charge in [-0.1, -0.05) is 38.0 Å². The highest BCUT2D eigenvalue weighted by atomic mass is 19.4. The Morgan fingerprint density at radius 3 is 2.25 bits per heavy atom. The quantitative estimate of drug-likeness (QED) is 0.638. The van der Waals surface area contributed by atoms with E-state index in [1.807, 2.05) is 0 Å². The van der Waals surface area contributed by atoms with Gasteiger partial charge >= 0.3 is 6.18 Å². The molecule has 1 aliphatic carbocycles. The van der Waals surface area contributed by atoms with Crippen molar-refractivity contribution in [3.05, 3.63) is 23.3 Å². The molecule has 0 bridgehead atoms. The fraction of sp³-hybridized carbons (Fsp3) is 0.692. The molecule has 0 N–H and O–H groups in total. The molecule has 1 atom stereocenters. The molecule has 0 aromatic carbocycles. The van der Waals surface area contributed by atoms with Crippen LogP contribution in [0.4, 0.5) is 13.2 Å². The maximum atomic E-state index is 12.4. The Morgan fingerprint density at radius 2 is 1.88 bits per heavy atom. The molecule has 0 spiro atoms. The van der Waals surface area contributed by atoms with Gasteiger partial charge in [-0.2, -0.15) is 13.2 Å². The monoisotopic (exact) mass is 232 g/mol. The highest BCUT2D eigenvalue weighted by molar-refractivity contribution is 5.27. The summed E-state index contributed by atoms with van der Waals surface area (Å²) in [7, 11) is 0. The van der Waals surface area contributed by atoms with Crippen LogP contribution in [-0.4, -0.2) is 6.18 Å². The molecule has 0 fully saturated rings. The van der Waals surface area contributed by atoms with Crippen molar-refractivity contribution in [2.45, 2.75) is 52.1 Å². The van der Waals surface area contributed by atoms with Crippen molar-refractivity contribution in [3.63, 3.8) is 0 Å². The topological polar surface area (TPSA) is 0 Å². The minimum Gasteiger partial charge on any atom is -0.166 e. The van der Waals surface area contributed by atoms with Crippen LogP contribution in [-0.2, 0) is 0 Å². The van der Waals surface area contributed by atoms with Gasteiger partial charge < -0.3 is 0 Å². The number of hydrogen-bond acceptors (Lipinski definition) is 0. The summed E-state index contributed by atoms with van der Waals surface area (Å²) in [4.78, 5) is 0. The first-order valence-corrected chi connectivity index (χ1v) is 5.95. The van der Waals surface area contributed by atoms with E-state index in [2.05, 4.69) is 13.8 Å². The molecular formula is C13H19F3. The lowest BCUT2D eigenvalue weighted by Gasteiger charge is -2.22. The molecule has 0 heterocycles. The Balaban J connectivity index is 2.73. The van der Waals surface area contributed by atoms with E-state index in [1.165, 1.54) is 11.6 Å². The van der Waals surface area contributed by atoms with Crippen molar-refractivity contribution < 1.29 is 13.2 Å². The zero-order valence-electron chi connectivity index (χ0n) is 9.90. The minimum atomic E-state index is -4.14. The van der Waals surface area contributed by atoms with Gasteiger partial charge in [-0.3, -0.25) is 0 Å². The van der Waals surface area contributed by atoms with E-state index in [4.69, 9.17) is 0 Å². The highest BCUT2D eigenvalue weighted by Gasteiger charge is 2.34. The number of halogens is 3. The molecular weight excluding hydrogens is 213 g/mol. The van der Waals surface area contributed by atoms with Crippen LogP contribution >= 0.6 is 0 Å². The van der Waals surface area contributed by atoms with Crippen molar-refractivity contribution in [1.29, 1.82) is 0 Å². The van der Waals surface area contributed by atoms with Crippen LogP contribution in [0.5, 0.6) is 0 Å². The molecule has 0 nitrogen and oxygen atoms in total. The Labute approximate surface area is 95.2 Å². The highest BCUT2D eigenvalue weighted by Crippen LogP contribution is 2.36. The maximum Gasteiger partial charge on any atom is 0.412 e. The van der Waals surface area contributed by atoms with Crippen molar-refractivity contribution in [1.82, 2.24) is 0 Å². The van der Waals surface area contributed by atoms with E-state index < -0.39 is 6.18 Å². The first-order chi connectivity index (χ1) is 7.49. The van der Waals surface area contributed by atoms with Crippen molar-refractivity contribution in [2.24, 2.45) is 5.92 Å². The van der Waals surface area contributed by atoms with Crippen molar-refractivity contribution in [3.8, 4) is 0 Å². The molecule has 3 heteroatoms. The van der Waals surface area contributed by atoms with Crippen LogP contribution in [0, 0.1) is 5.92 Å². The van der Waals surface area contributed by atoms with E-state index >= 15 is 0 Å². The second kappa shape index (κ2) is 5.55. The summed E-state index contributed by atoms with van der Waals surface area (Å²) < 4.78 is 37.2. The molecule has 0 aromatic heterocycles. The van der Waals surface area contributed by atoms with Crippen LogP contribution in [0.25, 0.3) is 0 Å². The zero-order chi connectivity index (χ0) is 12.2. The van der Waals surface area contributed by atoms with Crippen LogP contribution in [0.3, 0.4) is 0 Å². The molecule has 1 aliphatic rings. The Bertz CT molecular complexity index is 284. The largest absolute Gasteiger partial charge is 0.412 e. The average molecular weight is 232 g/mol. The van der Waals surface area contributed by atoms with E-state index in [-0.39, 0.29) is 12.0 Å². The van der Waals surface area contributed by atoms with E-state index in [0.29, 0.717) is 12.3 Å². The zero-order valence-corrected chi connectivity index (χ0v) is 9.90. The SMILES string of the molecule is CCCC(CC)C1=CC=C(C(F)(F)F)CC1. The van der Waals surface area contributed by atoms with E-state index in [0.717, 1.165) is 19.3 Å². The van der Waals surface area contributed by atoms with Gasteiger partial charge in [0, 0.05) is 5.57 Å². The van der Waals surface area contributed by atoms with Gasteiger partial charge in [0.1, 0.15) is 0 Å². The standard InChI is InChI=1S/C13H19F3/c1-3-5-10(4-2)11-6-8-12(9-7-11)13(14,15)16/h6,8,10H,3-5,7,9H2,1-2H3. The number of rotatable bonds is 4. The summed E-state index contributed by atoms with van der Waals surface area (Å²) in [5, 5.41) is 0. The molecule has 0 aliphatic heterocycles. The average Bonchev–Trinajstić information content (AvgIpc) is 2.25. The van der Waals surface area contributed by atoms with Gasteiger partial charge in [0.05, 0.1) is 0 Å². The first kappa shape index (κ1) is 13.3. The molecule has 1 rings (SSSR count). The summed E-state index contributed by atoms with van der Waals surface area (Å²) in [6.45, 7) is 4.22. The van der Waals surface area contributed by atoms with Gasteiger partial charge in [-0.25, -0.2) is 0 Å². The van der Waals surface area contributed by atoms with Crippen molar-refractivity contribution >= 4 is 0 Å². The summed E-state index contributed by atoms with van der Waals surface area (Å²) in [5.41, 5.74) is 0.806. The van der Waals surface area contributed by atoms with Crippen LogP contribution in [0.15, 0.2) is 23.3 Å². The van der Waals surface area contributed by atoms with Gasteiger partial charge in [0.25, 0.3) is 0 Å². The summed E-state index contributed by atoms with van der Waals surface area (Å²) in [6.07, 6.45) is 2.72. The van der Waals surface area contributed by atoms with Crippen LogP contribution in [0.1, 0.15) is 46.0 Å². The van der Waals surface area contributed by atoms with Gasteiger partial charge in [-0.05, 0) is 31.6 Å². The van der Waals surface area contributed by atoms with E-state index in [1.54, 1.807) is 6.08 Å². The molecule has 0 saturated carbocycles. The molecule has 1 unspecified atom stereocenters. The summed E-state index contributed by atoms with van der Waals surface area (Å²) in [6, 6.07) is 0. The molecule has 0 aromatic rings. The summed E-state index contributed by atoms with van der Waals surface area (Å²) >= 11 is 0. The van der Waals surface area contributed by atoms with Gasteiger partial charge in [-0.15, -0.1) is 0 Å². The minimum absolute atomic E-state index is 0.148. The predicted molar refractivity (Wildman–Crippen MR) is 60.1 cm³/mol. The Kier molecular flexibility index (Phi) is 4.63. The predicted octanol–water partition coefficient (Wildman–Crippen LogP) is 5.02. The fourth-order valence-corrected chi connectivity index (χ4v) is 2.23. The number of hydrogen-bond donors (Lipinski definition) is 0. The van der Waals surface area contributed by atoms with Gasteiger partial charge in [0.2, 0.25) is 0 Å². The molecule has 16 heavy (non-hydrogen) atoms. The first-order valence-electron chi connectivity index (χ1n) is 5.95. The van der Waals surface area contributed by atoms with E-state index in [9.17, 15) is 13.2 Å². The molecule has 0 saturated heterocycles. The lowest BCUT2D eigenvalue weighted by Crippen LogP contribution is -2.15. The third-order valence-electron chi connectivity index (χ3n) is 3.20. The Hall–Kier alpha value is -0.730. The molecule has 0 radical (unpaired) electrons. The number of allylic oxidation sites excluding steroid dienone is 4. The van der Waals surface area contributed by atoms with Crippen molar-refractivity contribution in [2.75, 3.05) is 0 Å². The number of alkyl halides is 3.